The van der Waals surface area contributed by atoms with Gasteiger partial charge in [0.15, 0.2) is 0 Å². The Labute approximate surface area is 133 Å². The van der Waals surface area contributed by atoms with E-state index >= 15 is 0 Å². The van der Waals surface area contributed by atoms with Crippen molar-refractivity contribution in [3.8, 4) is 11.3 Å². The smallest absolute Gasteiger partial charge is 0.243 e. The third-order valence-corrected chi connectivity index (χ3v) is 3.52. The van der Waals surface area contributed by atoms with Crippen molar-refractivity contribution in [3.63, 3.8) is 0 Å². The number of nitrogens with one attached hydrogen (secondary N) is 1. The Bertz CT molecular complexity index is 752. The number of hydrogen-bond acceptors (Lipinski definition) is 5. The van der Waals surface area contributed by atoms with Gasteiger partial charge in [-0.1, -0.05) is 35.8 Å². The third kappa shape index (κ3) is 3.12. The first-order valence-corrected chi connectivity index (χ1v) is 7.49. The van der Waals surface area contributed by atoms with Crippen LogP contribution in [0.25, 0.3) is 11.3 Å². The molecule has 0 spiro atoms. The van der Waals surface area contributed by atoms with Gasteiger partial charge < -0.3 is 9.73 Å². The molecule has 2 aromatic heterocycles. The van der Waals surface area contributed by atoms with Crippen molar-refractivity contribution in [2.45, 2.75) is 26.4 Å². The van der Waals surface area contributed by atoms with Gasteiger partial charge in [0.2, 0.25) is 5.95 Å². The summed E-state index contributed by atoms with van der Waals surface area (Å²) in [5, 5.41) is 15.4. The Balaban J connectivity index is 1.70. The number of anilines is 1. The largest absolute Gasteiger partial charge is 0.459 e. The highest BCUT2D eigenvalue weighted by Crippen LogP contribution is 2.29. The normalized spacial score (nSPS) is 10.8. The molecule has 114 valence electrons. The molecule has 0 radical (unpaired) electrons. The monoisotopic (exact) mass is 317 g/mol. The molecule has 0 aliphatic rings. The van der Waals surface area contributed by atoms with E-state index in [-0.39, 0.29) is 0 Å². The maximum atomic E-state index is 6.18. The van der Waals surface area contributed by atoms with Crippen LogP contribution in [0.3, 0.4) is 0 Å². The molecule has 0 atom stereocenters. The number of tetrazole rings is 1. The molecule has 2 heterocycles. The van der Waals surface area contributed by atoms with E-state index < -0.39 is 0 Å². The lowest BCUT2D eigenvalue weighted by Crippen LogP contribution is -2.08. The first-order chi connectivity index (χ1) is 10.8. The Kier molecular flexibility index (Phi) is 4.39. The Hall–Kier alpha value is -2.34. The van der Waals surface area contributed by atoms with Gasteiger partial charge in [-0.2, -0.15) is 0 Å². The highest BCUT2D eigenvalue weighted by molar-refractivity contribution is 6.33. The van der Waals surface area contributed by atoms with Crippen molar-refractivity contribution in [2.75, 3.05) is 5.32 Å². The quantitative estimate of drug-likeness (QED) is 0.752. The van der Waals surface area contributed by atoms with Crippen molar-refractivity contribution in [1.82, 2.24) is 20.2 Å². The number of halogens is 1. The van der Waals surface area contributed by atoms with E-state index in [1.807, 2.05) is 36.4 Å². The van der Waals surface area contributed by atoms with Gasteiger partial charge in [0.25, 0.3) is 0 Å². The van der Waals surface area contributed by atoms with Gasteiger partial charge in [-0.25, -0.2) is 4.68 Å². The number of nitrogens with zero attached hydrogens (tertiary/aromatic N) is 4. The second-order valence-electron chi connectivity index (χ2n) is 4.82. The molecule has 1 aromatic carbocycles. The summed E-state index contributed by atoms with van der Waals surface area (Å²) in [6, 6.07) is 11.4. The van der Waals surface area contributed by atoms with Crippen LogP contribution < -0.4 is 5.32 Å². The van der Waals surface area contributed by atoms with E-state index in [0.717, 1.165) is 30.0 Å². The van der Waals surface area contributed by atoms with Gasteiger partial charge in [0, 0.05) is 12.1 Å². The van der Waals surface area contributed by atoms with Gasteiger partial charge in [-0.05, 0) is 41.1 Å². The van der Waals surface area contributed by atoms with Gasteiger partial charge in [0.1, 0.15) is 11.5 Å². The van der Waals surface area contributed by atoms with Crippen LogP contribution in [0.1, 0.15) is 19.1 Å². The standard InChI is InChI=1S/C15H16ClN5O/c1-2-9-21-15(18-19-20-21)17-10-11-7-8-14(22-11)12-5-3-4-6-13(12)16/h3-8H,2,9-10H2,1H3,(H,17,18,20). The number of furan rings is 1. The maximum absolute atomic E-state index is 6.18. The van der Waals surface area contributed by atoms with E-state index in [9.17, 15) is 0 Å². The van der Waals surface area contributed by atoms with Crippen LogP contribution in [0.15, 0.2) is 40.8 Å². The minimum absolute atomic E-state index is 0.508. The number of benzene rings is 1. The fourth-order valence-electron chi connectivity index (χ4n) is 2.14. The summed E-state index contributed by atoms with van der Waals surface area (Å²) >= 11 is 6.18. The van der Waals surface area contributed by atoms with Gasteiger partial charge in [0.05, 0.1) is 11.6 Å². The molecule has 0 saturated carbocycles. The minimum Gasteiger partial charge on any atom is -0.459 e. The number of aromatic nitrogens is 4. The van der Waals surface area contributed by atoms with Crippen LogP contribution in [0.5, 0.6) is 0 Å². The Morgan fingerprint density at radius 3 is 2.91 bits per heavy atom. The molecular formula is C15H16ClN5O. The lowest BCUT2D eigenvalue weighted by atomic mass is 10.2. The second-order valence-corrected chi connectivity index (χ2v) is 5.23. The zero-order valence-electron chi connectivity index (χ0n) is 12.2. The van der Waals surface area contributed by atoms with Gasteiger partial charge in [-0.3, -0.25) is 0 Å². The molecule has 0 unspecified atom stereocenters. The number of aryl methyl sites for hydroxylation is 1. The molecule has 0 saturated heterocycles. The predicted molar refractivity (Wildman–Crippen MR) is 84.6 cm³/mol. The molecule has 1 N–H and O–H groups in total. The molecule has 22 heavy (non-hydrogen) atoms. The van der Waals surface area contributed by atoms with Crippen LogP contribution in [-0.4, -0.2) is 20.2 Å². The van der Waals surface area contributed by atoms with Crippen LogP contribution >= 0.6 is 11.6 Å². The molecule has 0 aliphatic carbocycles. The van der Waals surface area contributed by atoms with E-state index in [1.165, 1.54) is 0 Å². The van der Waals surface area contributed by atoms with Crippen LogP contribution in [0, 0.1) is 0 Å². The molecule has 0 bridgehead atoms. The highest BCUT2D eigenvalue weighted by atomic mass is 35.5. The lowest BCUT2D eigenvalue weighted by Gasteiger charge is -2.04. The summed E-state index contributed by atoms with van der Waals surface area (Å²) in [5.41, 5.74) is 0.881. The van der Waals surface area contributed by atoms with E-state index in [1.54, 1.807) is 4.68 Å². The first kappa shape index (κ1) is 14.6. The summed E-state index contributed by atoms with van der Waals surface area (Å²) < 4.78 is 7.56. The molecule has 7 heteroatoms. The van der Waals surface area contributed by atoms with Crippen LogP contribution in [0.4, 0.5) is 5.95 Å². The van der Waals surface area contributed by atoms with Crippen LogP contribution in [-0.2, 0) is 13.1 Å². The van der Waals surface area contributed by atoms with E-state index in [0.29, 0.717) is 17.5 Å². The average molecular weight is 318 g/mol. The lowest BCUT2D eigenvalue weighted by molar-refractivity contribution is 0.528. The summed E-state index contributed by atoms with van der Waals surface area (Å²) in [6.45, 7) is 3.36. The molecule has 0 amide bonds. The van der Waals surface area contributed by atoms with Crippen molar-refractivity contribution >= 4 is 17.5 Å². The molecular weight excluding hydrogens is 302 g/mol. The SMILES string of the molecule is CCCn1nnnc1NCc1ccc(-c2ccccc2Cl)o1. The second kappa shape index (κ2) is 6.62. The molecule has 0 fully saturated rings. The molecule has 6 nitrogen and oxygen atoms in total. The highest BCUT2D eigenvalue weighted by Gasteiger charge is 2.09. The van der Waals surface area contributed by atoms with Gasteiger partial charge >= 0.3 is 0 Å². The summed E-state index contributed by atoms with van der Waals surface area (Å²) in [5.74, 6) is 2.18. The van der Waals surface area contributed by atoms with E-state index in [4.69, 9.17) is 16.0 Å². The van der Waals surface area contributed by atoms with Crippen molar-refractivity contribution < 1.29 is 4.42 Å². The first-order valence-electron chi connectivity index (χ1n) is 7.11. The van der Waals surface area contributed by atoms with Crippen molar-refractivity contribution in [2.24, 2.45) is 0 Å². The summed E-state index contributed by atoms with van der Waals surface area (Å²) in [6.07, 6.45) is 0.969. The fraction of sp³-hybridized carbons (Fsp3) is 0.267. The zero-order chi connectivity index (χ0) is 15.4. The van der Waals surface area contributed by atoms with E-state index in [2.05, 4.69) is 27.8 Å². The number of rotatable bonds is 6. The predicted octanol–water partition coefficient (Wildman–Crippen LogP) is 3.61. The molecule has 3 rings (SSSR count). The molecule has 3 aromatic rings. The summed E-state index contributed by atoms with van der Waals surface area (Å²) in [4.78, 5) is 0. The molecule has 0 aliphatic heterocycles. The van der Waals surface area contributed by atoms with Crippen molar-refractivity contribution in [1.29, 1.82) is 0 Å². The fourth-order valence-corrected chi connectivity index (χ4v) is 2.37. The summed E-state index contributed by atoms with van der Waals surface area (Å²) in [7, 11) is 0. The zero-order valence-corrected chi connectivity index (χ0v) is 12.9. The minimum atomic E-state index is 0.508. The Morgan fingerprint density at radius 2 is 2.09 bits per heavy atom. The maximum Gasteiger partial charge on any atom is 0.243 e. The topological polar surface area (TPSA) is 68.8 Å². The number of hydrogen-bond donors (Lipinski definition) is 1. The average Bonchev–Trinajstić information content (AvgIpc) is 3.15. The van der Waals surface area contributed by atoms with Crippen molar-refractivity contribution in [3.05, 3.63) is 47.2 Å². The van der Waals surface area contributed by atoms with Crippen LogP contribution in [0.2, 0.25) is 5.02 Å². The Morgan fingerprint density at radius 1 is 1.23 bits per heavy atom. The van der Waals surface area contributed by atoms with Gasteiger partial charge in [-0.15, -0.1) is 0 Å². The third-order valence-electron chi connectivity index (χ3n) is 3.19.